The van der Waals surface area contributed by atoms with Gasteiger partial charge in [-0.15, -0.1) is 70.6 Å². The Hall–Kier alpha value is -6.30. The summed E-state index contributed by atoms with van der Waals surface area (Å²) < 4.78 is 76.4. The molecule has 0 unspecified atom stereocenters. The molecule has 0 bridgehead atoms. The molecule has 0 N–H and O–H groups in total. The summed E-state index contributed by atoms with van der Waals surface area (Å²) in [6.07, 6.45) is 13.1. The molecule has 744 valence electrons. The highest BCUT2D eigenvalue weighted by atomic mass is 32.2. The third kappa shape index (κ3) is 35.3. The van der Waals surface area contributed by atoms with E-state index in [9.17, 15) is 28.8 Å². The number of methoxy groups -OCH3 is 2. The maximum atomic E-state index is 12.3. The van der Waals surface area contributed by atoms with Gasteiger partial charge in [0.15, 0.2) is 0 Å². The van der Waals surface area contributed by atoms with Gasteiger partial charge in [-0.1, -0.05) is 41.5 Å². The van der Waals surface area contributed by atoms with E-state index in [1.54, 1.807) is 149 Å². The zero-order valence-corrected chi connectivity index (χ0v) is 86.8. The standard InChI is InChI=1S/6C15H25N3O3S/c1-6-18(15(2,3)4)11-7-8-17(14(19)16-11)12-10-22-13(21-12)9-20-5;1-5-17(8-11(2)3)12-6-7-18(15(19)16-12)13-10-22-14(21-13)9-20-4;1-5-17(11(3)4)12-7-8-18(15(19)16-12)13-10-22-14(21-13)9-20-6-2;1-4-7-17(3)12-6-8-18(15(19)16-12)13-11-22-14(21-13)10-20-9-5-2;1-4-9-20-10-14-21-13(11-22-14)18-8-7-12(16-15(18)19)17(5-2)6-3;1-4-8-17(5-2)12-7-9-18(15(19)16-12)13-11-22-14(21-13)10-20-6-3/h7-8,12-13H,6,9-10H2,1-5H3;6-7,11,13-14H,5,8-10H2,1-4H3;7-8,11,13-14H,5-6,9-10H2,1-4H3;6,8,13-14H,4-5,7,9-11H2,1-3H3;7-8,13-14H,4-6,9-11H2,1-3H3;7,9,13-14H,4-6,8,10-11H2,1-3H3/t12-,13+;5*13-,14+/m111111/s1. The second-order valence-corrected chi connectivity index (χ2v) is 39.9. The van der Waals surface area contributed by atoms with Crippen LogP contribution in [0.1, 0.15) is 195 Å². The third-order valence-corrected chi connectivity index (χ3v) is 27.6. The zero-order valence-electron chi connectivity index (χ0n) is 81.9. The van der Waals surface area contributed by atoms with Crippen molar-refractivity contribution in [3.63, 3.8) is 0 Å². The SMILES string of the molecule is CCCN(CC)c1ccn([C@H]2CS[C@@H](COCC)O2)c(=O)n1.CCCOC[C@H]1O[C@@H](n2ccc(N(C)CCC)nc2=O)CS1.CCCOC[C@H]1O[C@@H](n2ccc(N(CC)CC)nc2=O)CS1.CCN(CC(C)C)c1ccn([C@H]2CS[C@@H](COC)O2)c(=O)n1.CCN(c1ccn([C@H]2CS[C@@H](COC)O2)c(=O)n1)C(C)(C)C.CCOC[C@H]1O[C@@H](n2ccc(N(CC)C(C)C)nc2=O)CS1. The van der Waals surface area contributed by atoms with Crippen molar-refractivity contribution in [3.8, 4) is 0 Å². The Bertz CT molecular complexity index is 4670. The monoisotopic (exact) mass is 1960 g/mol. The number of hydrogen-bond donors (Lipinski definition) is 0. The van der Waals surface area contributed by atoms with Gasteiger partial charge in [-0.3, -0.25) is 27.4 Å². The van der Waals surface area contributed by atoms with Gasteiger partial charge in [0.05, 0.1) is 39.6 Å². The van der Waals surface area contributed by atoms with Crippen LogP contribution in [0.15, 0.2) is 102 Å². The first-order valence-corrected chi connectivity index (χ1v) is 52.8. The minimum atomic E-state index is -0.274. The maximum Gasteiger partial charge on any atom is 0.351 e. The predicted octanol–water partition coefficient (Wildman–Crippen LogP) is 12.5. The van der Waals surface area contributed by atoms with E-state index in [4.69, 9.17) is 56.8 Å². The van der Waals surface area contributed by atoms with Crippen molar-refractivity contribution in [2.75, 3.05) is 210 Å². The van der Waals surface area contributed by atoms with E-state index in [-0.39, 0.29) is 110 Å². The Morgan fingerprint density at radius 2 is 0.652 bits per heavy atom. The van der Waals surface area contributed by atoms with E-state index < -0.39 is 0 Å². The van der Waals surface area contributed by atoms with Crippen molar-refractivity contribution in [2.45, 2.75) is 239 Å². The van der Waals surface area contributed by atoms with Crippen LogP contribution < -0.4 is 63.5 Å². The Labute approximate surface area is 805 Å². The number of ether oxygens (including phenoxy) is 12. The summed E-state index contributed by atoms with van der Waals surface area (Å²) >= 11 is 10.0. The van der Waals surface area contributed by atoms with Crippen LogP contribution >= 0.6 is 70.6 Å². The van der Waals surface area contributed by atoms with E-state index in [1.807, 2.05) is 76.0 Å². The Balaban J connectivity index is 0.000000216. The van der Waals surface area contributed by atoms with Crippen molar-refractivity contribution in [3.05, 3.63) is 136 Å². The quantitative estimate of drug-likeness (QED) is 0.0321. The average molecular weight is 1960 g/mol. The highest BCUT2D eigenvalue weighted by molar-refractivity contribution is 8.01. The van der Waals surface area contributed by atoms with Crippen molar-refractivity contribution < 1.29 is 56.8 Å². The van der Waals surface area contributed by atoms with Crippen molar-refractivity contribution in [2.24, 2.45) is 5.92 Å². The lowest BCUT2D eigenvalue weighted by atomic mass is 10.1. The minimum absolute atomic E-state index is 0.00842. The predicted molar refractivity (Wildman–Crippen MR) is 537 cm³/mol. The van der Waals surface area contributed by atoms with Gasteiger partial charge in [-0.25, -0.2) is 28.8 Å². The topological polar surface area (TPSA) is 340 Å². The molecule has 0 radical (unpaired) electrons. The van der Waals surface area contributed by atoms with Gasteiger partial charge in [0.2, 0.25) is 0 Å². The van der Waals surface area contributed by atoms with Crippen molar-refractivity contribution >= 4 is 105 Å². The fraction of sp³-hybridized carbons (Fsp3) is 0.733. The first-order chi connectivity index (χ1) is 63.5. The van der Waals surface area contributed by atoms with E-state index in [0.29, 0.717) is 76.5 Å². The number of anilines is 6. The third-order valence-electron chi connectivity index (χ3n) is 21.1. The molecular weight excluding hydrogens is 1810 g/mol. The molecule has 132 heavy (non-hydrogen) atoms. The molecular formula is C90H150N18O18S6. The summed E-state index contributed by atoms with van der Waals surface area (Å²) in [6, 6.07) is 11.6. The number of rotatable bonds is 43. The van der Waals surface area contributed by atoms with E-state index >= 15 is 0 Å². The van der Waals surface area contributed by atoms with E-state index in [2.05, 4.69) is 158 Å². The summed E-state index contributed by atoms with van der Waals surface area (Å²) in [4.78, 5) is 111. The smallest absolute Gasteiger partial charge is 0.351 e. The molecule has 0 aliphatic carbocycles. The fourth-order valence-electron chi connectivity index (χ4n) is 14.5. The summed E-state index contributed by atoms with van der Waals surface area (Å²) in [5, 5.41) is 0. The van der Waals surface area contributed by atoms with Gasteiger partial charge in [0, 0.05) is 190 Å². The van der Waals surface area contributed by atoms with Crippen LogP contribution in [0.3, 0.4) is 0 Å². The largest absolute Gasteiger partial charge is 0.381 e. The second-order valence-electron chi connectivity index (χ2n) is 32.8. The van der Waals surface area contributed by atoms with Gasteiger partial charge in [-0.05, 0) is 158 Å². The summed E-state index contributed by atoms with van der Waals surface area (Å²) in [5.41, 5.74) is -1.74. The molecule has 36 nitrogen and oxygen atoms in total. The van der Waals surface area contributed by atoms with Crippen LogP contribution in [0.25, 0.3) is 0 Å². The van der Waals surface area contributed by atoms with Crippen LogP contribution in [0, 0.1) is 5.92 Å². The van der Waals surface area contributed by atoms with Crippen LogP contribution in [-0.4, -0.2) is 282 Å². The van der Waals surface area contributed by atoms with E-state index in [1.165, 1.54) is 0 Å². The highest BCUT2D eigenvalue weighted by Crippen LogP contribution is 2.37. The average Bonchev–Trinajstić information content (AvgIpc) is 1.27. The normalized spacial score (nSPS) is 21.5. The van der Waals surface area contributed by atoms with E-state index in [0.717, 1.165) is 156 Å². The Morgan fingerprint density at radius 1 is 0.364 bits per heavy atom. The van der Waals surface area contributed by atoms with Crippen LogP contribution in [0.5, 0.6) is 0 Å². The first kappa shape index (κ1) is 113. The van der Waals surface area contributed by atoms with Crippen LogP contribution in [0.2, 0.25) is 0 Å². The molecule has 0 amide bonds. The minimum Gasteiger partial charge on any atom is -0.381 e. The fourth-order valence-corrected chi connectivity index (χ4v) is 20.7. The van der Waals surface area contributed by atoms with Gasteiger partial charge < -0.3 is 86.2 Å². The molecule has 12 heterocycles. The maximum absolute atomic E-state index is 12.3. The van der Waals surface area contributed by atoms with Crippen LogP contribution in [0.4, 0.5) is 34.9 Å². The lowest BCUT2D eigenvalue weighted by Gasteiger charge is -2.35. The molecule has 6 saturated heterocycles. The summed E-state index contributed by atoms with van der Waals surface area (Å²) in [7, 11) is 5.23. The molecule has 12 rings (SSSR count). The van der Waals surface area contributed by atoms with Gasteiger partial charge in [0.25, 0.3) is 0 Å². The Morgan fingerprint density at radius 3 is 0.932 bits per heavy atom. The van der Waals surface area contributed by atoms with Crippen LogP contribution in [-0.2, 0) is 56.8 Å². The van der Waals surface area contributed by atoms with Crippen molar-refractivity contribution in [1.29, 1.82) is 0 Å². The molecule has 12 atom stereocenters. The van der Waals surface area contributed by atoms with Gasteiger partial charge >= 0.3 is 34.1 Å². The molecule has 0 aromatic carbocycles. The van der Waals surface area contributed by atoms with Gasteiger partial charge in [-0.2, -0.15) is 29.9 Å². The zero-order chi connectivity index (χ0) is 96.4. The lowest BCUT2D eigenvalue weighted by molar-refractivity contribution is -0.0246. The molecule has 0 spiro atoms. The second kappa shape index (κ2) is 59.8. The summed E-state index contributed by atoms with van der Waals surface area (Å²) in [6.45, 7) is 53.2. The number of nitrogens with zero attached hydrogens (tertiary/aromatic N) is 18. The molecule has 42 heteroatoms. The Kier molecular flexibility index (Phi) is 51.0. The highest BCUT2D eigenvalue weighted by Gasteiger charge is 2.35. The van der Waals surface area contributed by atoms with Gasteiger partial charge in [0.1, 0.15) is 105 Å². The summed E-state index contributed by atoms with van der Waals surface area (Å²) in [5.74, 6) is 9.27. The molecule has 0 saturated carbocycles. The number of hydrogen-bond acceptors (Lipinski definition) is 36. The first-order valence-electron chi connectivity index (χ1n) is 46.5. The lowest BCUT2D eigenvalue weighted by Crippen LogP contribution is -2.43. The molecule has 6 aliphatic rings. The number of thioether (sulfide) groups is 6. The molecule has 6 aromatic rings. The molecule has 6 fully saturated rings. The number of aromatic nitrogens is 12. The molecule has 6 aromatic heterocycles. The van der Waals surface area contributed by atoms with Crippen molar-refractivity contribution in [1.82, 2.24) is 57.3 Å². The molecule has 6 aliphatic heterocycles.